The van der Waals surface area contributed by atoms with Crippen molar-refractivity contribution < 1.29 is 33.8 Å². The lowest BCUT2D eigenvalue weighted by molar-refractivity contribution is -0.136. The van der Waals surface area contributed by atoms with Crippen molar-refractivity contribution in [2.24, 2.45) is 0 Å². The van der Waals surface area contributed by atoms with E-state index in [1.54, 1.807) is 12.1 Å². The fraction of sp³-hybridized carbons (Fsp3) is 0.391. The average molecular weight is 769 g/mol. The number of aromatic hydroxyl groups is 1. The molecule has 3 fully saturated rings. The molecule has 4 aromatic rings. The van der Waals surface area contributed by atoms with Crippen molar-refractivity contribution in [2.75, 3.05) is 50.8 Å². The second kappa shape index (κ2) is 15.4. The molecule has 0 aromatic heterocycles. The summed E-state index contributed by atoms with van der Waals surface area (Å²) in [6.45, 7) is 5.47. The first-order valence-electron chi connectivity index (χ1n) is 20.3. The summed E-state index contributed by atoms with van der Waals surface area (Å²) in [5.74, 6) is -0.234. The molecule has 11 heteroatoms. The minimum Gasteiger partial charge on any atom is -0.508 e. The predicted molar refractivity (Wildman–Crippen MR) is 214 cm³/mol. The highest BCUT2D eigenvalue weighted by Gasteiger charge is 2.45. The van der Waals surface area contributed by atoms with Crippen LogP contribution >= 0.6 is 0 Å². The SMILES string of the molecule is O=C1CCC(N2C(=O)c3ccc(N4CCC5(CC4)CN(CCCOc4ccc(C6c7ccc(O)cc7CC[C@@H]6c6ccccc6)cc4)CCO5)cc3C2=O)C(=O)N1. The first-order chi connectivity index (χ1) is 27.7. The van der Waals surface area contributed by atoms with Crippen molar-refractivity contribution in [3.8, 4) is 11.5 Å². The van der Waals surface area contributed by atoms with Crippen LogP contribution in [-0.4, -0.2) is 96.1 Å². The molecule has 0 bridgehead atoms. The average Bonchev–Trinajstić information content (AvgIpc) is 3.47. The number of rotatable bonds is 9. The van der Waals surface area contributed by atoms with Gasteiger partial charge in [-0.1, -0.05) is 48.5 Å². The summed E-state index contributed by atoms with van der Waals surface area (Å²) >= 11 is 0. The molecule has 57 heavy (non-hydrogen) atoms. The number of ether oxygens (including phenoxy) is 2. The summed E-state index contributed by atoms with van der Waals surface area (Å²) in [7, 11) is 0. The first-order valence-corrected chi connectivity index (χ1v) is 20.3. The highest BCUT2D eigenvalue weighted by molar-refractivity contribution is 6.23. The number of imide groups is 2. The van der Waals surface area contributed by atoms with Crippen LogP contribution in [0, 0.1) is 0 Å². The van der Waals surface area contributed by atoms with Crippen molar-refractivity contribution in [3.05, 3.63) is 124 Å². The molecule has 0 radical (unpaired) electrons. The molecule has 3 saturated heterocycles. The molecule has 1 spiro atoms. The van der Waals surface area contributed by atoms with E-state index >= 15 is 0 Å². The molecule has 4 aromatic carbocycles. The van der Waals surface area contributed by atoms with Crippen molar-refractivity contribution in [1.29, 1.82) is 0 Å². The zero-order valence-electron chi connectivity index (χ0n) is 32.0. The van der Waals surface area contributed by atoms with Crippen LogP contribution in [0.4, 0.5) is 5.69 Å². The van der Waals surface area contributed by atoms with E-state index < -0.39 is 29.7 Å². The Morgan fingerprint density at radius 1 is 0.807 bits per heavy atom. The number of carbonyl (C=O) groups excluding carboxylic acids is 4. The van der Waals surface area contributed by atoms with Gasteiger partial charge in [0.2, 0.25) is 11.8 Å². The van der Waals surface area contributed by atoms with Gasteiger partial charge in [-0.15, -0.1) is 0 Å². The summed E-state index contributed by atoms with van der Waals surface area (Å²) in [6.07, 6.45) is 4.79. The number of nitrogens with one attached hydrogen (secondary N) is 1. The maximum Gasteiger partial charge on any atom is 0.262 e. The van der Waals surface area contributed by atoms with E-state index in [0.717, 1.165) is 81.2 Å². The van der Waals surface area contributed by atoms with E-state index in [2.05, 4.69) is 75.8 Å². The molecule has 1 aliphatic carbocycles. The van der Waals surface area contributed by atoms with Gasteiger partial charge in [0.05, 0.1) is 29.9 Å². The summed E-state index contributed by atoms with van der Waals surface area (Å²) in [4.78, 5) is 56.4. The molecule has 3 atom stereocenters. The normalized spacial score (nSPS) is 23.3. The van der Waals surface area contributed by atoms with Crippen molar-refractivity contribution >= 4 is 29.3 Å². The third kappa shape index (κ3) is 7.30. The fourth-order valence-electron chi connectivity index (χ4n) is 9.77. The number of carbonyl (C=O) groups is 4. The number of amides is 4. The zero-order valence-corrected chi connectivity index (χ0v) is 32.0. The number of phenols is 1. The van der Waals surface area contributed by atoms with Gasteiger partial charge in [-0.2, -0.15) is 0 Å². The quantitative estimate of drug-likeness (QED) is 0.161. The van der Waals surface area contributed by atoms with E-state index in [1.165, 1.54) is 22.3 Å². The molecule has 4 heterocycles. The number of anilines is 1. The largest absolute Gasteiger partial charge is 0.508 e. The third-order valence-electron chi connectivity index (χ3n) is 12.7. The minimum absolute atomic E-state index is 0.0915. The van der Waals surface area contributed by atoms with Crippen LogP contribution in [0.3, 0.4) is 0 Å². The molecule has 4 amide bonds. The molecule has 4 aliphatic heterocycles. The Morgan fingerprint density at radius 3 is 2.39 bits per heavy atom. The summed E-state index contributed by atoms with van der Waals surface area (Å²) in [5.41, 5.74) is 6.33. The Balaban J connectivity index is 0.773. The summed E-state index contributed by atoms with van der Waals surface area (Å²) in [6, 6.07) is 29.5. The molecule has 5 aliphatic rings. The first kappa shape index (κ1) is 37.1. The van der Waals surface area contributed by atoms with E-state index in [1.807, 2.05) is 18.2 Å². The highest BCUT2D eigenvalue weighted by atomic mass is 16.5. The minimum atomic E-state index is -0.977. The topological polar surface area (TPSA) is 129 Å². The maximum absolute atomic E-state index is 13.4. The number of piperidine rings is 2. The van der Waals surface area contributed by atoms with Gasteiger partial charge in [0.25, 0.3) is 11.8 Å². The molecule has 2 unspecified atom stereocenters. The molecular formula is C46H48N4O7. The molecule has 9 rings (SSSR count). The Labute approximate surface area is 332 Å². The standard InChI is InChI=1S/C46H48N4O7/c51-34-11-16-37-32(27-34)9-14-36(30-5-2-1-3-6-30)42(37)31-7-12-35(13-8-31)56-25-4-21-48-24-26-57-46(29-48)19-22-49(23-20-46)33-10-15-38-39(28-33)45(55)50(44(38)54)40-17-18-41(52)47-43(40)53/h1-3,5-8,10-13,15-16,27-28,36,40,42,51H,4,9,14,17-26,29H2,(H,47,52,53)/t36-,40?,42?/m1/s1. The molecular weight excluding hydrogens is 721 g/mol. The van der Waals surface area contributed by atoms with Gasteiger partial charge in [-0.3, -0.25) is 34.3 Å². The van der Waals surface area contributed by atoms with Crippen LogP contribution in [0.1, 0.15) is 93.3 Å². The van der Waals surface area contributed by atoms with E-state index in [0.29, 0.717) is 36.0 Å². The van der Waals surface area contributed by atoms with Crippen molar-refractivity contribution in [2.45, 2.75) is 68.4 Å². The molecule has 294 valence electrons. The van der Waals surface area contributed by atoms with Crippen molar-refractivity contribution in [1.82, 2.24) is 15.1 Å². The van der Waals surface area contributed by atoms with Crippen LogP contribution < -0.4 is 15.0 Å². The van der Waals surface area contributed by atoms with E-state index in [-0.39, 0.29) is 24.4 Å². The smallest absolute Gasteiger partial charge is 0.262 e. The fourth-order valence-corrected chi connectivity index (χ4v) is 9.77. The van der Waals surface area contributed by atoms with Gasteiger partial charge in [-0.25, -0.2) is 0 Å². The third-order valence-corrected chi connectivity index (χ3v) is 12.7. The highest BCUT2D eigenvalue weighted by Crippen LogP contribution is 2.47. The lowest BCUT2D eigenvalue weighted by Crippen LogP contribution is -2.57. The molecule has 11 nitrogen and oxygen atoms in total. The maximum atomic E-state index is 13.4. The van der Waals surface area contributed by atoms with Gasteiger partial charge in [-0.05, 0) is 109 Å². The van der Waals surface area contributed by atoms with Crippen molar-refractivity contribution in [3.63, 3.8) is 0 Å². The second-order valence-electron chi connectivity index (χ2n) is 16.2. The summed E-state index contributed by atoms with van der Waals surface area (Å²) in [5, 5.41) is 12.4. The van der Waals surface area contributed by atoms with E-state index in [4.69, 9.17) is 9.47 Å². The predicted octanol–water partition coefficient (Wildman–Crippen LogP) is 5.80. The number of aryl methyl sites for hydroxylation is 1. The van der Waals surface area contributed by atoms with Gasteiger partial charge >= 0.3 is 0 Å². The lowest BCUT2D eigenvalue weighted by Gasteiger charge is -2.48. The molecule has 2 N–H and O–H groups in total. The lowest BCUT2D eigenvalue weighted by atomic mass is 9.69. The van der Waals surface area contributed by atoms with Gasteiger partial charge in [0.1, 0.15) is 17.5 Å². The Morgan fingerprint density at radius 2 is 1.60 bits per heavy atom. The van der Waals surface area contributed by atoms with Crippen LogP contribution in [-0.2, 0) is 20.7 Å². The Hall–Kier alpha value is -5.52. The van der Waals surface area contributed by atoms with Gasteiger partial charge in [0, 0.05) is 50.7 Å². The number of morpholine rings is 1. The number of fused-ring (bicyclic) bond motifs is 2. The van der Waals surface area contributed by atoms with Gasteiger partial charge < -0.3 is 19.5 Å². The summed E-state index contributed by atoms with van der Waals surface area (Å²) < 4.78 is 12.7. The number of benzene rings is 4. The Kier molecular flexibility index (Phi) is 10.0. The number of nitrogens with zero attached hydrogens (tertiary/aromatic N) is 3. The van der Waals surface area contributed by atoms with E-state index in [9.17, 15) is 24.3 Å². The Bertz CT molecular complexity index is 2180. The van der Waals surface area contributed by atoms with Crippen LogP contribution in [0.2, 0.25) is 0 Å². The van der Waals surface area contributed by atoms with Crippen LogP contribution in [0.25, 0.3) is 0 Å². The number of phenolic OH excluding ortho intramolecular Hbond substituents is 1. The number of hydrogen-bond donors (Lipinski definition) is 2. The monoisotopic (exact) mass is 768 g/mol. The van der Waals surface area contributed by atoms with Crippen LogP contribution in [0.5, 0.6) is 11.5 Å². The van der Waals surface area contributed by atoms with Crippen LogP contribution in [0.15, 0.2) is 91.0 Å². The number of hydrogen-bond acceptors (Lipinski definition) is 9. The zero-order chi connectivity index (χ0) is 39.1. The van der Waals surface area contributed by atoms with Gasteiger partial charge in [0.15, 0.2) is 0 Å². The molecule has 0 saturated carbocycles. The second-order valence-corrected chi connectivity index (χ2v) is 16.2.